The van der Waals surface area contributed by atoms with Gasteiger partial charge in [0.2, 0.25) is 0 Å². The molecule has 6 nitrogen and oxygen atoms in total. The van der Waals surface area contributed by atoms with Gasteiger partial charge in [0.25, 0.3) is 0 Å². The topological polar surface area (TPSA) is 76.1 Å². The Morgan fingerprint density at radius 2 is 1.90 bits per heavy atom. The highest BCUT2D eigenvalue weighted by Crippen LogP contribution is 2.24. The highest BCUT2D eigenvalue weighted by atomic mass is 16.6. The Morgan fingerprint density at radius 1 is 1.29 bits per heavy atom. The molecule has 0 aliphatic rings. The molecule has 0 fully saturated rings. The molecule has 0 bridgehead atoms. The number of amides is 1. The van der Waals surface area contributed by atoms with E-state index in [1.165, 1.54) is 25.1 Å². The van der Waals surface area contributed by atoms with E-state index in [0.717, 1.165) is 0 Å². The third kappa shape index (κ3) is 4.46. The second-order valence-corrected chi connectivity index (χ2v) is 5.54. The van der Waals surface area contributed by atoms with Crippen LogP contribution < -0.4 is 4.90 Å². The lowest BCUT2D eigenvalue weighted by Crippen LogP contribution is -2.35. The van der Waals surface area contributed by atoms with Gasteiger partial charge in [0.05, 0.1) is 25.0 Å². The van der Waals surface area contributed by atoms with E-state index >= 15 is 0 Å². The summed E-state index contributed by atoms with van der Waals surface area (Å²) in [5.74, 6) is -0.565. The zero-order chi connectivity index (χ0) is 16.2. The molecule has 1 amide bonds. The van der Waals surface area contributed by atoms with Gasteiger partial charge in [-0.05, 0) is 38.5 Å². The number of aliphatic hydroxyl groups excluding tert-OH is 1. The quantitative estimate of drug-likeness (QED) is 0.866. The summed E-state index contributed by atoms with van der Waals surface area (Å²) in [5.41, 5.74) is 0.476. The van der Waals surface area contributed by atoms with Crippen LogP contribution in [0.1, 0.15) is 36.7 Å². The number of carbonyl (C=O) groups excluding carboxylic acids is 2. The molecule has 0 radical (unpaired) electrons. The zero-order valence-electron chi connectivity index (χ0n) is 13.0. The lowest BCUT2D eigenvalue weighted by atomic mass is 10.1. The Balaban J connectivity index is 3.19. The summed E-state index contributed by atoms with van der Waals surface area (Å²) in [7, 11) is 2.76. The fourth-order valence-corrected chi connectivity index (χ4v) is 1.66. The number of esters is 1. The minimum absolute atomic E-state index is 0.198. The lowest BCUT2D eigenvalue weighted by Gasteiger charge is -2.26. The summed E-state index contributed by atoms with van der Waals surface area (Å²) in [6.45, 7) is 5.06. The molecule has 1 aromatic carbocycles. The highest BCUT2D eigenvalue weighted by Gasteiger charge is 2.24. The van der Waals surface area contributed by atoms with Crippen molar-refractivity contribution in [2.75, 3.05) is 19.1 Å². The Kier molecular flexibility index (Phi) is 5.32. The molecule has 0 saturated carbocycles. The van der Waals surface area contributed by atoms with Crippen molar-refractivity contribution in [3.05, 3.63) is 29.3 Å². The maximum Gasteiger partial charge on any atom is 0.414 e. The van der Waals surface area contributed by atoms with Crippen LogP contribution in [0.15, 0.2) is 18.2 Å². The van der Waals surface area contributed by atoms with Crippen molar-refractivity contribution in [2.24, 2.45) is 0 Å². The second kappa shape index (κ2) is 6.58. The van der Waals surface area contributed by atoms with Gasteiger partial charge in [0.1, 0.15) is 5.60 Å². The van der Waals surface area contributed by atoms with E-state index in [1.54, 1.807) is 32.9 Å². The fourth-order valence-electron chi connectivity index (χ4n) is 1.66. The summed E-state index contributed by atoms with van der Waals surface area (Å²) in [4.78, 5) is 25.1. The monoisotopic (exact) mass is 295 g/mol. The molecule has 116 valence electrons. The van der Waals surface area contributed by atoms with Crippen LogP contribution in [-0.2, 0) is 16.1 Å². The van der Waals surface area contributed by atoms with Crippen LogP contribution in [0.3, 0.4) is 0 Å². The molecule has 0 aromatic heterocycles. The molecule has 0 aliphatic heterocycles. The smallest absolute Gasteiger partial charge is 0.414 e. The van der Waals surface area contributed by atoms with Gasteiger partial charge in [-0.25, -0.2) is 9.59 Å². The first kappa shape index (κ1) is 17.0. The lowest BCUT2D eigenvalue weighted by molar-refractivity contribution is 0.0587. The van der Waals surface area contributed by atoms with Crippen LogP contribution in [0, 0.1) is 0 Å². The van der Waals surface area contributed by atoms with Crippen LogP contribution in [0.5, 0.6) is 0 Å². The van der Waals surface area contributed by atoms with Crippen LogP contribution in [0.4, 0.5) is 10.5 Å². The second-order valence-electron chi connectivity index (χ2n) is 5.54. The van der Waals surface area contributed by atoms with Gasteiger partial charge in [-0.3, -0.25) is 4.90 Å². The van der Waals surface area contributed by atoms with Crippen molar-refractivity contribution >= 4 is 17.7 Å². The molecule has 0 heterocycles. The van der Waals surface area contributed by atoms with Crippen LogP contribution >= 0.6 is 0 Å². The predicted molar refractivity (Wildman–Crippen MR) is 78.3 cm³/mol. The molecule has 0 unspecified atom stereocenters. The number of carbonyl (C=O) groups is 2. The van der Waals surface area contributed by atoms with E-state index in [4.69, 9.17) is 9.47 Å². The van der Waals surface area contributed by atoms with Gasteiger partial charge in [0, 0.05) is 7.05 Å². The molecule has 0 atom stereocenters. The number of aliphatic hydroxyl groups is 1. The van der Waals surface area contributed by atoms with Crippen LogP contribution in [0.25, 0.3) is 0 Å². The van der Waals surface area contributed by atoms with E-state index in [9.17, 15) is 14.7 Å². The predicted octanol–water partition coefficient (Wildman–Crippen LogP) is 2.34. The Labute approximate surface area is 124 Å². The van der Waals surface area contributed by atoms with E-state index in [2.05, 4.69) is 0 Å². The zero-order valence-corrected chi connectivity index (χ0v) is 13.0. The Hall–Kier alpha value is -2.08. The van der Waals surface area contributed by atoms with E-state index in [0.29, 0.717) is 11.3 Å². The fraction of sp³-hybridized carbons (Fsp3) is 0.467. The van der Waals surface area contributed by atoms with E-state index in [1.807, 2.05) is 0 Å². The number of benzene rings is 1. The highest BCUT2D eigenvalue weighted by molar-refractivity contribution is 6.00. The molecular formula is C15H21NO5. The first-order chi connectivity index (χ1) is 9.69. The molecule has 0 saturated heterocycles. The molecule has 0 aliphatic carbocycles. The van der Waals surface area contributed by atoms with Crippen LogP contribution in [0.2, 0.25) is 0 Å². The normalized spacial score (nSPS) is 11.0. The average molecular weight is 295 g/mol. The first-order valence-corrected chi connectivity index (χ1v) is 6.48. The van der Waals surface area contributed by atoms with Crippen LogP contribution in [-0.4, -0.2) is 36.9 Å². The third-order valence-electron chi connectivity index (χ3n) is 2.68. The summed E-state index contributed by atoms with van der Waals surface area (Å²) >= 11 is 0. The van der Waals surface area contributed by atoms with Gasteiger partial charge >= 0.3 is 12.1 Å². The standard InChI is InChI=1S/C15H21NO5/c1-15(2,3)21-14(19)16(4)12-8-10(9-17)6-7-11(12)13(18)20-5/h6-8,17H,9H2,1-5H3. The SMILES string of the molecule is COC(=O)c1ccc(CO)cc1N(C)C(=O)OC(C)(C)C. The van der Waals surface area contributed by atoms with Crippen molar-refractivity contribution in [1.29, 1.82) is 0 Å². The van der Waals surface area contributed by atoms with Crippen molar-refractivity contribution in [1.82, 2.24) is 0 Å². The van der Waals surface area contributed by atoms with Gasteiger partial charge in [-0.2, -0.15) is 0 Å². The number of methoxy groups -OCH3 is 1. The molecule has 0 spiro atoms. The first-order valence-electron chi connectivity index (χ1n) is 6.48. The van der Waals surface area contributed by atoms with Crippen molar-refractivity contribution in [2.45, 2.75) is 33.0 Å². The third-order valence-corrected chi connectivity index (χ3v) is 2.68. The summed E-state index contributed by atoms with van der Waals surface area (Å²) in [5, 5.41) is 9.20. The number of hydrogen-bond acceptors (Lipinski definition) is 5. The summed E-state index contributed by atoms with van der Waals surface area (Å²) in [6, 6.07) is 4.66. The average Bonchev–Trinajstić information content (AvgIpc) is 2.43. The van der Waals surface area contributed by atoms with Crippen molar-refractivity contribution < 1.29 is 24.2 Å². The molecular weight excluding hydrogens is 274 g/mol. The summed E-state index contributed by atoms with van der Waals surface area (Å²) < 4.78 is 9.97. The maximum atomic E-state index is 12.1. The number of nitrogens with zero attached hydrogens (tertiary/aromatic N) is 1. The van der Waals surface area contributed by atoms with E-state index in [-0.39, 0.29) is 12.2 Å². The maximum absolute atomic E-state index is 12.1. The number of hydrogen-bond donors (Lipinski definition) is 1. The Morgan fingerprint density at radius 3 is 2.38 bits per heavy atom. The molecule has 1 N–H and O–H groups in total. The van der Waals surface area contributed by atoms with Gasteiger partial charge in [0.15, 0.2) is 0 Å². The molecule has 6 heteroatoms. The van der Waals surface area contributed by atoms with Crippen molar-refractivity contribution in [3.8, 4) is 0 Å². The number of ether oxygens (including phenoxy) is 2. The summed E-state index contributed by atoms with van der Waals surface area (Å²) in [6.07, 6.45) is -0.595. The molecule has 21 heavy (non-hydrogen) atoms. The Bertz CT molecular complexity index is 533. The largest absolute Gasteiger partial charge is 0.465 e. The number of rotatable bonds is 3. The van der Waals surface area contributed by atoms with E-state index < -0.39 is 17.7 Å². The minimum atomic E-state index is -0.647. The number of anilines is 1. The van der Waals surface area contributed by atoms with Gasteiger partial charge < -0.3 is 14.6 Å². The molecule has 1 aromatic rings. The minimum Gasteiger partial charge on any atom is -0.465 e. The molecule has 1 rings (SSSR count). The van der Waals surface area contributed by atoms with Crippen molar-refractivity contribution in [3.63, 3.8) is 0 Å². The van der Waals surface area contributed by atoms with Gasteiger partial charge in [-0.15, -0.1) is 0 Å². The van der Waals surface area contributed by atoms with Gasteiger partial charge in [-0.1, -0.05) is 6.07 Å².